The van der Waals surface area contributed by atoms with Crippen molar-refractivity contribution in [2.45, 2.75) is 32.6 Å². The van der Waals surface area contributed by atoms with Crippen LogP contribution in [0.5, 0.6) is 0 Å². The van der Waals surface area contributed by atoms with E-state index >= 15 is 0 Å². The van der Waals surface area contributed by atoms with Gasteiger partial charge in [-0.15, -0.1) is 0 Å². The first-order valence-electron chi connectivity index (χ1n) is 9.15. The lowest BCUT2D eigenvalue weighted by Crippen LogP contribution is -2.38. The van der Waals surface area contributed by atoms with Crippen molar-refractivity contribution in [1.82, 2.24) is 15.6 Å². The topological polar surface area (TPSA) is 83.5 Å². The van der Waals surface area contributed by atoms with Crippen LogP contribution in [0, 0.1) is 12.7 Å². The maximum atomic E-state index is 13.6. The Hall–Kier alpha value is -2.48. The SMILES string of the molecule is CCNC(=NCc1cc(F)ccc1CS(C)(=O)=O)NCCc1ccncc1C. The Morgan fingerprint density at radius 1 is 1.18 bits per heavy atom. The van der Waals surface area contributed by atoms with Crippen LogP contribution in [0.3, 0.4) is 0 Å². The molecule has 0 saturated carbocycles. The molecular weight excluding hydrogens is 379 g/mol. The van der Waals surface area contributed by atoms with Crippen molar-refractivity contribution in [3.63, 3.8) is 0 Å². The van der Waals surface area contributed by atoms with Crippen LogP contribution in [0.4, 0.5) is 4.39 Å². The number of pyridine rings is 1. The van der Waals surface area contributed by atoms with Gasteiger partial charge in [0.2, 0.25) is 0 Å². The number of nitrogens with zero attached hydrogens (tertiary/aromatic N) is 2. The summed E-state index contributed by atoms with van der Waals surface area (Å²) in [4.78, 5) is 8.58. The van der Waals surface area contributed by atoms with Crippen molar-refractivity contribution < 1.29 is 12.8 Å². The van der Waals surface area contributed by atoms with Gasteiger partial charge in [0.05, 0.1) is 12.3 Å². The van der Waals surface area contributed by atoms with E-state index in [4.69, 9.17) is 0 Å². The lowest BCUT2D eigenvalue weighted by Gasteiger charge is -2.13. The average molecular weight is 407 g/mol. The van der Waals surface area contributed by atoms with E-state index in [1.165, 1.54) is 23.8 Å². The summed E-state index contributed by atoms with van der Waals surface area (Å²) in [7, 11) is -3.22. The first-order chi connectivity index (χ1) is 13.3. The molecule has 152 valence electrons. The Morgan fingerprint density at radius 2 is 1.96 bits per heavy atom. The molecule has 0 bridgehead atoms. The van der Waals surface area contributed by atoms with Gasteiger partial charge in [-0.3, -0.25) is 4.98 Å². The Morgan fingerprint density at radius 3 is 2.64 bits per heavy atom. The maximum Gasteiger partial charge on any atom is 0.191 e. The van der Waals surface area contributed by atoms with Crippen molar-refractivity contribution in [3.8, 4) is 0 Å². The molecule has 2 aromatic rings. The molecule has 6 nitrogen and oxygen atoms in total. The highest BCUT2D eigenvalue weighted by Gasteiger charge is 2.11. The number of hydrogen-bond acceptors (Lipinski definition) is 4. The fourth-order valence-corrected chi connectivity index (χ4v) is 3.62. The van der Waals surface area contributed by atoms with Crippen molar-refractivity contribution in [2.75, 3.05) is 19.3 Å². The molecule has 0 radical (unpaired) electrons. The summed E-state index contributed by atoms with van der Waals surface area (Å²) in [5.41, 5.74) is 3.47. The number of halogens is 1. The van der Waals surface area contributed by atoms with E-state index in [1.807, 2.05) is 26.1 Å². The summed E-state index contributed by atoms with van der Waals surface area (Å²) in [5.74, 6) is 0.0565. The van der Waals surface area contributed by atoms with Gasteiger partial charge in [-0.2, -0.15) is 0 Å². The van der Waals surface area contributed by atoms with Crippen LogP contribution in [0.15, 0.2) is 41.7 Å². The number of rotatable bonds is 8. The van der Waals surface area contributed by atoms with Gasteiger partial charge >= 0.3 is 0 Å². The van der Waals surface area contributed by atoms with Crippen LogP contribution in [-0.4, -0.2) is 38.7 Å². The zero-order valence-corrected chi connectivity index (χ0v) is 17.3. The van der Waals surface area contributed by atoms with Gasteiger partial charge in [0.25, 0.3) is 0 Å². The normalized spacial score (nSPS) is 12.1. The van der Waals surface area contributed by atoms with E-state index in [0.717, 1.165) is 18.2 Å². The Kier molecular flexibility index (Phi) is 7.92. The highest BCUT2D eigenvalue weighted by molar-refractivity contribution is 7.89. The molecule has 0 atom stereocenters. The molecule has 0 fully saturated rings. The fourth-order valence-electron chi connectivity index (χ4n) is 2.77. The summed E-state index contributed by atoms with van der Waals surface area (Å²) in [6.07, 6.45) is 5.59. The number of aryl methyl sites for hydroxylation is 1. The molecule has 0 aliphatic carbocycles. The van der Waals surface area contributed by atoms with Gasteiger partial charge < -0.3 is 10.6 Å². The van der Waals surface area contributed by atoms with E-state index in [-0.39, 0.29) is 12.3 Å². The molecule has 2 rings (SSSR count). The number of sulfone groups is 1. The molecule has 1 aromatic heterocycles. The first-order valence-corrected chi connectivity index (χ1v) is 11.2. The quantitative estimate of drug-likeness (QED) is 0.519. The summed E-state index contributed by atoms with van der Waals surface area (Å²) in [5, 5.41) is 6.41. The number of guanidine groups is 1. The molecule has 28 heavy (non-hydrogen) atoms. The zero-order chi connectivity index (χ0) is 20.6. The molecule has 0 unspecified atom stereocenters. The van der Waals surface area contributed by atoms with Gasteiger partial charge in [0, 0.05) is 31.7 Å². The molecule has 8 heteroatoms. The summed E-state index contributed by atoms with van der Waals surface area (Å²) in [6, 6.07) is 6.11. The molecule has 0 saturated heterocycles. The molecule has 0 aliphatic rings. The maximum absolute atomic E-state index is 13.6. The van der Waals surface area contributed by atoms with E-state index in [0.29, 0.717) is 30.2 Å². The van der Waals surface area contributed by atoms with E-state index < -0.39 is 15.7 Å². The average Bonchev–Trinajstić information content (AvgIpc) is 2.62. The highest BCUT2D eigenvalue weighted by Crippen LogP contribution is 2.15. The second-order valence-electron chi connectivity index (χ2n) is 6.66. The van der Waals surface area contributed by atoms with Crippen LogP contribution < -0.4 is 10.6 Å². The number of aliphatic imine (C=N–C) groups is 1. The van der Waals surface area contributed by atoms with Crippen molar-refractivity contribution in [2.24, 2.45) is 4.99 Å². The molecule has 1 heterocycles. The fraction of sp³-hybridized carbons (Fsp3) is 0.400. The predicted octanol–water partition coefficient (Wildman–Crippen LogP) is 2.37. The van der Waals surface area contributed by atoms with Crippen LogP contribution >= 0.6 is 0 Å². The first kappa shape index (κ1) is 21.8. The second kappa shape index (κ2) is 10.2. The minimum absolute atomic E-state index is 0.135. The Labute approximate surface area is 166 Å². The summed E-state index contributed by atoms with van der Waals surface area (Å²) in [6.45, 7) is 5.53. The minimum Gasteiger partial charge on any atom is -0.357 e. The zero-order valence-electron chi connectivity index (χ0n) is 16.5. The molecule has 0 amide bonds. The lowest BCUT2D eigenvalue weighted by atomic mass is 10.1. The lowest BCUT2D eigenvalue weighted by molar-refractivity contribution is 0.600. The van der Waals surface area contributed by atoms with Gasteiger partial charge in [0.15, 0.2) is 15.8 Å². The van der Waals surface area contributed by atoms with Crippen LogP contribution in [-0.2, 0) is 28.6 Å². The van der Waals surface area contributed by atoms with Gasteiger partial charge in [-0.25, -0.2) is 17.8 Å². The van der Waals surface area contributed by atoms with Gasteiger partial charge in [-0.1, -0.05) is 6.07 Å². The Bertz CT molecular complexity index is 930. The summed E-state index contributed by atoms with van der Waals surface area (Å²) >= 11 is 0. The van der Waals surface area contributed by atoms with Crippen LogP contribution in [0.2, 0.25) is 0 Å². The molecule has 1 aromatic carbocycles. The number of nitrogens with one attached hydrogen (secondary N) is 2. The van der Waals surface area contributed by atoms with E-state index in [2.05, 4.69) is 20.6 Å². The third-order valence-corrected chi connectivity index (χ3v) is 5.00. The summed E-state index contributed by atoms with van der Waals surface area (Å²) < 4.78 is 36.9. The molecule has 0 spiro atoms. The number of hydrogen-bond donors (Lipinski definition) is 2. The smallest absolute Gasteiger partial charge is 0.191 e. The number of aromatic nitrogens is 1. The highest BCUT2D eigenvalue weighted by atomic mass is 32.2. The van der Waals surface area contributed by atoms with Gasteiger partial charge in [-0.05, 0) is 60.7 Å². The molecule has 0 aliphatic heterocycles. The predicted molar refractivity (Wildman–Crippen MR) is 110 cm³/mol. The number of benzene rings is 1. The standard InChI is InChI=1S/C20H27FN4O2S/c1-4-23-20(24-10-8-16-7-9-22-12-15(16)2)25-13-18-11-19(21)6-5-17(18)14-28(3,26)27/h5-7,9,11-12H,4,8,10,13-14H2,1-3H3,(H2,23,24,25). The van der Waals surface area contributed by atoms with E-state index in [1.54, 1.807) is 6.20 Å². The molecular formula is C20H27FN4O2S. The third kappa shape index (κ3) is 7.26. The van der Waals surface area contributed by atoms with Crippen molar-refractivity contribution in [1.29, 1.82) is 0 Å². The van der Waals surface area contributed by atoms with Crippen molar-refractivity contribution >= 4 is 15.8 Å². The van der Waals surface area contributed by atoms with Crippen LogP contribution in [0.25, 0.3) is 0 Å². The van der Waals surface area contributed by atoms with Crippen LogP contribution in [0.1, 0.15) is 29.2 Å². The third-order valence-electron chi connectivity index (χ3n) is 4.16. The largest absolute Gasteiger partial charge is 0.357 e. The van der Waals surface area contributed by atoms with Crippen molar-refractivity contribution in [3.05, 3.63) is 64.7 Å². The Balaban J connectivity index is 2.07. The molecule has 2 N–H and O–H groups in total. The monoisotopic (exact) mass is 406 g/mol. The minimum atomic E-state index is -3.22. The van der Waals surface area contributed by atoms with Gasteiger partial charge in [0.1, 0.15) is 5.82 Å². The van der Waals surface area contributed by atoms with E-state index in [9.17, 15) is 12.8 Å². The second-order valence-corrected chi connectivity index (χ2v) is 8.80.